The van der Waals surface area contributed by atoms with Gasteiger partial charge in [-0.25, -0.2) is 9.07 Å². The molecule has 0 aliphatic heterocycles. The third kappa shape index (κ3) is 7.42. The SMILES string of the molecule is CCOc1cc(OC(C)C)c(F)c(C(Nc2ccc(C(=N)N)cc2)c2ccn(-c3ccccc3NC(=O)C(F)(F)F)n2)c1. The molecule has 0 bridgehead atoms. The first-order valence-electron chi connectivity index (χ1n) is 13.2. The van der Waals surface area contributed by atoms with Gasteiger partial charge in [0.1, 0.15) is 11.6 Å². The number of amides is 1. The number of nitrogens with two attached hydrogens (primary N) is 1. The van der Waals surface area contributed by atoms with Crippen molar-refractivity contribution in [1.29, 1.82) is 5.41 Å². The number of alkyl halides is 3. The van der Waals surface area contributed by atoms with E-state index in [1.807, 2.05) is 5.32 Å². The molecule has 0 aliphatic rings. The largest absolute Gasteiger partial charge is 0.494 e. The van der Waals surface area contributed by atoms with Crippen molar-refractivity contribution in [2.45, 2.75) is 39.1 Å². The summed E-state index contributed by atoms with van der Waals surface area (Å²) >= 11 is 0. The maximum atomic E-state index is 16.1. The minimum Gasteiger partial charge on any atom is -0.494 e. The van der Waals surface area contributed by atoms with Gasteiger partial charge in [0.15, 0.2) is 11.6 Å². The van der Waals surface area contributed by atoms with Crippen LogP contribution in [0.2, 0.25) is 0 Å². The lowest BCUT2D eigenvalue weighted by molar-refractivity contribution is -0.167. The Balaban J connectivity index is 1.82. The van der Waals surface area contributed by atoms with Crippen LogP contribution in [0.15, 0.2) is 72.9 Å². The number of aromatic nitrogens is 2. The van der Waals surface area contributed by atoms with E-state index in [4.69, 9.17) is 20.6 Å². The van der Waals surface area contributed by atoms with Gasteiger partial charge in [0.2, 0.25) is 0 Å². The number of ether oxygens (including phenoxy) is 2. The topological polar surface area (TPSA) is 127 Å². The van der Waals surface area contributed by atoms with Crippen LogP contribution in [0.3, 0.4) is 0 Å². The Kier molecular flexibility index (Phi) is 9.22. The van der Waals surface area contributed by atoms with Crippen LogP contribution in [0.4, 0.5) is 28.9 Å². The van der Waals surface area contributed by atoms with Gasteiger partial charge in [-0.3, -0.25) is 10.2 Å². The fourth-order valence-corrected chi connectivity index (χ4v) is 4.22. The van der Waals surface area contributed by atoms with E-state index >= 15 is 4.39 Å². The van der Waals surface area contributed by atoms with E-state index in [1.54, 1.807) is 57.2 Å². The Morgan fingerprint density at radius 1 is 1.09 bits per heavy atom. The summed E-state index contributed by atoms with van der Waals surface area (Å²) in [6.45, 7) is 5.62. The number of anilines is 2. The normalized spacial score (nSPS) is 12.1. The number of amidine groups is 1. The molecule has 0 radical (unpaired) electrons. The Hall–Kier alpha value is -5.07. The molecule has 1 unspecified atom stereocenters. The third-order valence-corrected chi connectivity index (χ3v) is 6.09. The standard InChI is InChI=1S/C30H30F4N6O3/c1-4-42-20-15-21(26(31)25(16-20)43-17(2)3)27(37-19-11-9-18(10-12-19)28(35)36)23-13-14-40(39-23)24-8-6-5-7-22(24)38-29(41)30(32,33)34/h5-17,27,37H,4H2,1-3H3,(H3,35,36)(H,38,41). The van der Waals surface area contributed by atoms with Crippen molar-refractivity contribution in [3.05, 3.63) is 95.6 Å². The van der Waals surface area contributed by atoms with Gasteiger partial charge in [0.25, 0.3) is 0 Å². The second-order valence-electron chi connectivity index (χ2n) is 9.65. The van der Waals surface area contributed by atoms with E-state index in [0.29, 0.717) is 23.6 Å². The molecule has 13 heteroatoms. The van der Waals surface area contributed by atoms with Crippen LogP contribution in [-0.2, 0) is 4.79 Å². The van der Waals surface area contributed by atoms with E-state index in [0.717, 1.165) is 0 Å². The number of nitrogens with zero attached hydrogens (tertiary/aromatic N) is 2. The number of hydrogen-bond donors (Lipinski definition) is 4. The number of nitrogen functional groups attached to an aromatic ring is 1. The van der Waals surface area contributed by atoms with Gasteiger partial charge >= 0.3 is 12.1 Å². The smallest absolute Gasteiger partial charge is 0.471 e. The summed E-state index contributed by atoms with van der Waals surface area (Å²) in [5.74, 6) is -2.60. The molecule has 0 spiro atoms. The average molecular weight is 599 g/mol. The lowest BCUT2D eigenvalue weighted by Gasteiger charge is -2.22. The van der Waals surface area contributed by atoms with Gasteiger partial charge in [0, 0.05) is 29.1 Å². The van der Waals surface area contributed by atoms with Crippen LogP contribution in [0.25, 0.3) is 5.69 Å². The highest BCUT2D eigenvalue weighted by atomic mass is 19.4. The van der Waals surface area contributed by atoms with E-state index in [1.165, 1.54) is 41.2 Å². The van der Waals surface area contributed by atoms with E-state index in [-0.39, 0.29) is 40.3 Å². The zero-order valence-corrected chi connectivity index (χ0v) is 23.5. The first-order valence-corrected chi connectivity index (χ1v) is 13.2. The summed E-state index contributed by atoms with van der Waals surface area (Å²) in [6.07, 6.45) is -3.95. The van der Waals surface area contributed by atoms with Crippen molar-refractivity contribution < 1.29 is 31.8 Å². The molecule has 0 fully saturated rings. The van der Waals surface area contributed by atoms with Crippen molar-refractivity contribution in [3.63, 3.8) is 0 Å². The summed E-state index contributed by atoms with van der Waals surface area (Å²) in [5, 5.41) is 17.3. The number of hydrogen-bond acceptors (Lipinski definition) is 6. The third-order valence-electron chi connectivity index (χ3n) is 6.09. The molecule has 4 rings (SSSR count). The number of rotatable bonds is 11. The van der Waals surface area contributed by atoms with Crippen LogP contribution in [0, 0.1) is 11.2 Å². The lowest BCUT2D eigenvalue weighted by atomic mass is 10.0. The molecular weight excluding hydrogens is 568 g/mol. The van der Waals surface area contributed by atoms with Crippen LogP contribution in [-0.4, -0.2) is 40.4 Å². The fourth-order valence-electron chi connectivity index (χ4n) is 4.22. The lowest BCUT2D eigenvalue weighted by Crippen LogP contribution is -2.30. The number of carbonyl (C=O) groups excluding carboxylic acids is 1. The minimum atomic E-state index is -5.09. The molecule has 4 aromatic rings. The zero-order chi connectivity index (χ0) is 31.3. The zero-order valence-electron chi connectivity index (χ0n) is 23.5. The molecule has 1 aromatic heterocycles. The summed E-state index contributed by atoms with van der Waals surface area (Å²) in [4.78, 5) is 11.7. The van der Waals surface area contributed by atoms with Crippen molar-refractivity contribution in [1.82, 2.24) is 9.78 Å². The molecule has 3 aromatic carbocycles. The number of carbonyl (C=O) groups is 1. The number of halogens is 4. The molecule has 43 heavy (non-hydrogen) atoms. The molecule has 0 aliphatic carbocycles. The predicted octanol–water partition coefficient (Wildman–Crippen LogP) is 6.18. The molecule has 1 heterocycles. The maximum Gasteiger partial charge on any atom is 0.471 e. The second-order valence-corrected chi connectivity index (χ2v) is 9.65. The minimum absolute atomic E-state index is 0.0330. The Bertz CT molecular complexity index is 1600. The van der Waals surface area contributed by atoms with Crippen molar-refractivity contribution in [2.75, 3.05) is 17.2 Å². The van der Waals surface area contributed by atoms with Crippen LogP contribution in [0.5, 0.6) is 11.5 Å². The van der Waals surface area contributed by atoms with Gasteiger partial charge < -0.3 is 25.8 Å². The molecule has 1 amide bonds. The summed E-state index contributed by atoms with van der Waals surface area (Å²) in [6, 6.07) is 16.0. The van der Waals surface area contributed by atoms with Gasteiger partial charge in [-0.1, -0.05) is 12.1 Å². The van der Waals surface area contributed by atoms with Crippen LogP contribution in [0.1, 0.15) is 43.6 Å². The van der Waals surface area contributed by atoms with Gasteiger partial charge in [-0.2, -0.15) is 18.3 Å². The number of nitrogens with one attached hydrogen (secondary N) is 3. The van der Waals surface area contributed by atoms with E-state index < -0.39 is 23.9 Å². The number of benzene rings is 3. The van der Waals surface area contributed by atoms with Crippen molar-refractivity contribution in [3.8, 4) is 17.2 Å². The Morgan fingerprint density at radius 2 is 1.79 bits per heavy atom. The van der Waals surface area contributed by atoms with Crippen LogP contribution < -0.4 is 25.8 Å². The van der Waals surface area contributed by atoms with Gasteiger partial charge in [-0.05, 0) is 69.3 Å². The quantitative estimate of drug-likeness (QED) is 0.0927. The first-order chi connectivity index (χ1) is 20.4. The van der Waals surface area contributed by atoms with E-state index in [2.05, 4.69) is 10.4 Å². The molecule has 226 valence electrons. The summed E-state index contributed by atoms with van der Waals surface area (Å²) < 4.78 is 67.6. The highest BCUT2D eigenvalue weighted by molar-refractivity contribution is 5.96. The molecular formula is C30H30F4N6O3. The van der Waals surface area contributed by atoms with Crippen LogP contribution >= 0.6 is 0 Å². The molecule has 0 saturated carbocycles. The van der Waals surface area contributed by atoms with Gasteiger partial charge in [-0.15, -0.1) is 0 Å². The molecule has 0 saturated heterocycles. The Labute approximate surface area is 245 Å². The summed E-state index contributed by atoms with van der Waals surface area (Å²) in [7, 11) is 0. The Morgan fingerprint density at radius 3 is 2.42 bits per heavy atom. The average Bonchev–Trinajstić information content (AvgIpc) is 3.43. The molecule has 5 N–H and O–H groups in total. The summed E-state index contributed by atoms with van der Waals surface area (Å²) in [5.41, 5.74) is 7.05. The highest BCUT2D eigenvalue weighted by Gasteiger charge is 2.39. The fraction of sp³-hybridized carbons (Fsp3) is 0.233. The second kappa shape index (κ2) is 12.8. The molecule has 9 nitrogen and oxygen atoms in total. The maximum absolute atomic E-state index is 16.1. The monoisotopic (exact) mass is 598 g/mol. The van der Waals surface area contributed by atoms with Gasteiger partial charge in [0.05, 0.1) is 35.8 Å². The molecule has 1 atom stereocenters. The van der Waals surface area contributed by atoms with Crippen molar-refractivity contribution >= 4 is 23.1 Å². The van der Waals surface area contributed by atoms with E-state index in [9.17, 15) is 18.0 Å². The predicted molar refractivity (Wildman–Crippen MR) is 155 cm³/mol. The van der Waals surface area contributed by atoms with Crippen molar-refractivity contribution in [2.24, 2.45) is 5.73 Å². The highest BCUT2D eigenvalue weighted by Crippen LogP contribution is 2.36. The first kappa shape index (κ1) is 30.9. The number of para-hydroxylation sites is 2.